The van der Waals surface area contributed by atoms with Crippen LogP contribution in [0.5, 0.6) is 0 Å². The predicted molar refractivity (Wildman–Crippen MR) is 90.7 cm³/mol. The molecule has 2 rings (SSSR count). The predicted octanol–water partition coefficient (Wildman–Crippen LogP) is 3.25. The molecule has 1 aliphatic rings. The van der Waals surface area contributed by atoms with E-state index in [1.807, 2.05) is 30.5 Å². The Morgan fingerprint density at radius 1 is 1.22 bits per heavy atom. The Kier molecular flexibility index (Phi) is 5.01. The Labute approximate surface area is 140 Å². The molecule has 1 aliphatic carbocycles. The van der Waals surface area contributed by atoms with Gasteiger partial charge in [-0.15, -0.1) is 11.8 Å². The number of Topliss-reactive ketones (excluding diaryl/α,β-unsaturated/α-hetero) is 2. The van der Waals surface area contributed by atoms with Crippen LogP contribution in [0.3, 0.4) is 0 Å². The Bertz CT molecular complexity index is 658. The van der Waals surface area contributed by atoms with Gasteiger partial charge in [-0.3, -0.25) is 9.59 Å². The van der Waals surface area contributed by atoms with Gasteiger partial charge in [0, 0.05) is 22.8 Å². The number of ketones is 2. The molecule has 0 unspecified atom stereocenters. The fraction of sp³-hybridized carbons (Fsp3) is 0.444. The fourth-order valence-electron chi connectivity index (χ4n) is 3.51. The first-order valence-electron chi connectivity index (χ1n) is 7.48. The maximum atomic E-state index is 12.2. The lowest BCUT2D eigenvalue weighted by molar-refractivity contribution is -0.132. The minimum Gasteiger partial charge on any atom is -0.512 e. The summed E-state index contributed by atoms with van der Waals surface area (Å²) in [6.07, 6.45) is 1.87. The van der Waals surface area contributed by atoms with Gasteiger partial charge < -0.3 is 10.2 Å². The zero-order valence-electron chi connectivity index (χ0n) is 13.8. The smallest absolute Gasteiger partial charge is 0.159 e. The van der Waals surface area contributed by atoms with Crippen LogP contribution >= 0.6 is 11.8 Å². The van der Waals surface area contributed by atoms with E-state index < -0.39 is 17.4 Å². The Hall–Kier alpha value is -1.59. The third-order valence-electron chi connectivity index (χ3n) is 4.44. The summed E-state index contributed by atoms with van der Waals surface area (Å²) in [5, 5.41) is 21.0. The first-order valence-corrected chi connectivity index (χ1v) is 8.71. The Morgan fingerprint density at radius 3 is 2.22 bits per heavy atom. The molecule has 5 heteroatoms. The van der Waals surface area contributed by atoms with Crippen molar-refractivity contribution >= 4 is 23.3 Å². The zero-order valence-corrected chi connectivity index (χ0v) is 14.6. The number of aliphatic hydroxyl groups excluding tert-OH is 1. The quantitative estimate of drug-likeness (QED) is 0.827. The monoisotopic (exact) mass is 334 g/mol. The van der Waals surface area contributed by atoms with Crippen LogP contribution < -0.4 is 0 Å². The summed E-state index contributed by atoms with van der Waals surface area (Å²) in [5.41, 5.74) is -0.411. The maximum absolute atomic E-state index is 12.2. The SMILES string of the molecule is CSc1ccc([C@@H]2C(C(C)=O)=C(O)C[C@](C)(O)[C@H]2C(C)=O)cc1. The van der Waals surface area contributed by atoms with E-state index in [0.717, 1.165) is 10.5 Å². The number of carbonyl (C=O) groups is 2. The van der Waals surface area contributed by atoms with Crippen molar-refractivity contribution in [2.75, 3.05) is 6.26 Å². The number of hydrogen-bond donors (Lipinski definition) is 2. The largest absolute Gasteiger partial charge is 0.512 e. The normalized spacial score (nSPS) is 27.9. The van der Waals surface area contributed by atoms with Crippen molar-refractivity contribution in [2.24, 2.45) is 5.92 Å². The standard InChI is InChI=1S/C18H22O4S/c1-10(19)15-14(21)9-18(3,22)17(11(2)20)16(15)12-5-7-13(23-4)8-6-12/h5-8,16-17,21-22H,9H2,1-4H3/t16-,17+,18+/m1/s1. The molecule has 0 aromatic heterocycles. The van der Waals surface area contributed by atoms with Crippen LogP contribution in [0.25, 0.3) is 0 Å². The van der Waals surface area contributed by atoms with E-state index in [2.05, 4.69) is 0 Å². The molecule has 0 radical (unpaired) electrons. The number of aliphatic hydroxyl groups is 2. The molecule has 0 fully saturated rings. The van der Waals surface area contributed by atoms with Crippen LogP contribution in [0.2, 0.25) is 0 Å². The van der Waals surface area contributed by atoms with Crippen molar-refractivity contribution in [3.05, 3.63) is 41.2 Å². The van der Waals surface area contributed by atoms with Gasteiger partial charge in [0.05, 0.1) is 11.5 Å². The topological polar surface area (TPSA) is 74.6 Å². The minimum atomic E-state index is -1.39. The molecule has 124 valence electrons. The molecule has 4 nitrogen and oxygen atoms in total. The summed E-state index contributed by atoms with van der Waals surface area (Å²) in [6.45, 7) is 4.34. The molecule has 1 aromatic rings. The second-order valence-corrected chi connectivity index (χ2v) is 7.17. The molecule has 3 atom stereocenters. The van der Waals surface area contributed by atoms with E-state index >= 15 is 0 Å². The summed E-state index contributed by atoms with van der Waals surface area (Å²) >= 11 is 1.59. The minimum absolute atomic E-state index is 0.0917. The van der Waals surface area contributed by atoms with E-state index in [9.17, 15) is 19.8 Å². The lowest BCUT2D eigenvalue weighted by Gasteiger charge is -2.42. The van der Waals surface area contributed by atoms with E-state index in [1.54, 1.807) is 11.8 Å². The number of carbonyl (C=O) groups excluding carboxylic acids is 2. The van der Waals surface area contributed by atoms with Gasteiger partial charge >= 0.3 is 0 Å². The lowest BCUT2D eigenvalue weighted by Crippen LogP contribution is -2.47. The highest BCUT2D eigenvalue weighted by Gasteiger charge is 2.49. The van der Waals surface area contributed by atoms with E-state index in [1.165, 1.54) is 20.8 Å². The van der Waals surface area contributed by atoms with E-state index in [4.69, 9.17) is 0 Å². The Balaban J connectivity index is 2.65. The first-order chi connectivity index (χ1) is 10.7. The second kappa shape index (κ2) is 6.49. The molecule has 0 aliphatic heterocycles. The van der Waals surface area contributed by atoms with Crippen LogP contribution in [0, 0.1) is 5.92 Å². The molecule has 2 N–H and O–H groups in total. The average molecular weight is 334 g/mol. The Morgan fingerprint density at radius 2 is 1.78 bits per heavy atom. The summed E-state index contributed by atoms with van der Waals surface area (Å²) in [7, 11) is 0. The molecule has 23 heavy (non-hydrogen) atoms. The van der Waals surface area contributed by atoms with Crippen LogP contribution in [0.1, 0.15) is 38.7 Å². The van der Waals surface area contributed by atoms with Gasteiger partial charge in [0.2, 0.25) is 0 Å². The van der Waals surface area contributed by atoms with Crippen molar-refractivity contribution in [2.45, 2.75) is 43.6 Å². The van der Waals surface area contributed by atoms with Crippen molar-refractivity contribution in [1.29, 1.82) is 0 Å². The van der Waals surface area contributed by atoms with Crippen LogP contribution in [0.15, 0.2) is 40.5 Å². The zero-order chi connectivity index (χ0) is 17.4. The average Bonchev–Trinajstić information content (AvgIpc) is 2.44. The number of benzene rings is 1. The molecule has 0 bridgehead atoms. The number of hydrogen-bond acceptors (Lipinski definition) is 5. The van der Waals surface area contributed by atoms with Gasteiger partial charge in [0.15, 0.2) is 5.78 Å². The molecule has 0 amide bonds. The number of rotatable bonds is 4. The molecular formula is C18H22O4S. The molecule has 0 saturated heterocycles. The summed E-state index contributed by atoms with van der Waals surface area (Å²) in [4.78, 5) is 25.4. The highest BCUT2D eigenvalue weighted by Crippen LogP contribution is 2.47. The van der Waals surface area contributed by atoms with Gasteiger partial charge in [-0.25, -0.2) is 0 Å². The lowest BCUT2D eigenvalue weighted by atomic mass is 9.64. The number of allylic oxidation sites excluding steroid dienone is 1. The highest BCUT2D eigenvalue weighted by molar-refractivity contribution is 7.98. The van der Waals surface area contributed by atoms with E-state index in [0.29, 0.717) is 0 Å². The fourth-order valence-corrected chi connectivity index (χ4v) is 3.92. The van der Waals surface area contributed by atoms with Crippen molar-refractivity contribution in [1.82, 2.24) is 0 Å². The highest BCUT2D eigenvalue weighted by atomic mass is 32.2. The van der Waals surface area contributed by atoms with E-state index in [-0.39, 0.29) is 29.3 Å². The molecule has 1 aromatic carbocycles. The van der Waals surface area contributed by atoms with Gasteiger partial charge in [0.25, 0.3) is 0 Å². The van der Waals surface area contributed by atoms with Gasteiger partial charge in [0.1, 0.15) is 11.5 Å². The first kappa shape index (κ1) is 17.8. The molecule has 0 saturated carbocycles. The summed E-state index contributed by atoms with van der Waals surface area (Å²) in [5.74, 6) is -2.00. The molecular weight excluding hydrogens is 312 g/mol. The van der Waals surface area contributed by atoms with Gasteiger partial charge in [-0.05, 0) is 44.7 Å². The summed E-state index contributed by atoms with van der Waals surface area (Å²) in [6, 6.07) is 7.53. The molecule has 0 spiro atoms. The van der Waals surface area contributed by atoms with Gasteiger partial charge in [-0.1, -0.05) is 12.1 Å². The van der Waals surface area contributed by atoms with Crippen LogP contribution in [0.4, 0.5) is 0 Å². The van der Waals surface area contributed by atoms with Crippen molar-refractivity contribution in [3.8, 4) is 0 Å². The van der Waals surface area contributed by atoms with Gasteiger partial charge in [-0.2, -0.15) is 0 Å². The molecule has 0 heterocycles. The third kappa shape index (κ3) is 3.35. The number of thioether (sulfide) groups is 1. The maximum Gasteiger partial charge on any atom is 0.159 e. The third-order valence-corrected chi connectivity index (χ3v) is 5.19. The van der Waals surface area contributed by atoms with Crippen LogP contribution in [-0.2, 0) is 9.59 Å². The summed E-state index contributed by atoms with van der Waals surface area (Å²) < 4.78 is 0. The van der Waals surface area contributed by atoms with Crippen molar-refractivity contribution < 1.29 is 19.8 Å². The van der Waals surface area contributed by atoms with Crippen LogP contribution in [-0.4, -0.2) is 33.6 Å². The van der Waals surface area contributed by atoms with Crippen molar-refractivity contribution in [3.63, 3.8) is 0 Å². The second-order valence-electron chi connectivity index (χ2n) is 6.29.